The Balaban J connectivity index is 2.83. The van der Waals surface area contributed by atoms with Crippen LogP contribution in [0.25, 0.3) is 0 Å². The van der Waals surface area contributed by atoms with Crippen molar-refractivity contribution in [1.29, 1.82) is 0 Å². The predicted octanol–water partition coefficient (Wildman–Crippen LogP) is 0.780. The van der Waals surface area contributed by atoms with Gasteiger partial charge in [0.2, 0.25) is 0 Å². The molecule has 0 amide bonds. The number of methoxy groups -OCH3 is 2. The van der Waals surface area contributed by atoms with E-state index in [1.54, 1.807) is 0 Å². The molecule has 1 aliphatic carbocycles. The van der Waals surface area contributed by atoms with Crippen molar-refractivity contribution in [1.82, 2.24) is 0 Å². The van der Waals surface area contributed by atoms with Gasteiger partial charge in [-0.25, -0.2) is 0 Å². The molecule has 0 unspecified atom stereocenters. The summed E-state index contributed by atoms with van der Waals surface area (Å²) < 4.78 is 9.73. The molecule has 4 heteroatoms. The molecule has 0 aliphatic heterocycles. The van der Waals surface area contributed by atoms with E-state index in [0.717, 1.165) is 0 Å². The van der Waals surface area contributed by atoms with Crippen molar-refractivity contribution in [2.45, 2.75) is 19.1 Å². The molecule has 0 aromatic heterocycles. The summed E-state index contributed by atoms with van der Waals surface area (Å²) in [4.78, 5) is 11.2. The largest absolute Gasteiger partial charge is 0.512 e. The van der Waals surface area contributed by atoms with Gasteiger partial charge in [-0.2, -0.15) is 0 Å². The molecule has 0 saturated heterocycles. The predicted molar refractivity (Wildman–Crippen MR) is 41.7 cm³/mol. The molecular weight excluding hydrogens is 160 g/mol. The number of aliphatic hydroxyl groups is 1. The van der Waals surface area contributed by atoms with Crippen molar-refractivity contribution >= 4 is 5.78 Å². The third-order valence-electron chi connectivity index (χ3n) is 1.86. The molecule has 1 rings (SSSR count). The smallest absolute Gasteiger partial charge is 0.189 e. The van der Waals surface area contributed by atoms with Crippen molar-refractivity contribution < 1.29 is 19.4 Å². The second kappa shape index (κ2) is 3.69. The van der Waals surface area contributed by atoms with Gasteiger partial charge in [0.05, 0.1) is 5.57 Å². The summed E-state index contributed by atoms with van der Waals surface area (Å²) in [6.45, 7) is 0. The van der Waals surface area contributed by atoms with Crippen LogP contribution in [-0.4, -0.2) is 31.4 Å². The summed E-state index contributed by atoms with van der Waals surface area (Å²) in [7, 11) is 2.86. The molecule has 0 spiro atoms. The first-order valence-corrected chi connectivity index (χ1v) is 3.71. The van der Waals surface area contributed by atoms with Gasteiger partial charge in [-0.15, -0.1) is 0 Å². The van der Waals surface area contributed by atoms with Crippen molar-refractivity contribution in [3.05, 3.63) is 11.3 Å². The number of aliphatic hydroxyl groups excluding tert-OH is 1. The van der Waals surface area contributed by atoms with E-state index in [9.17, 15) is 9.90 Å². The molecule has 0 saturated carbocycles. The molecular formula is C8H12O4. The normalized spacial score (nSPS) is 18.1. The quantitative estimate of drug-likeness (QED) is 0.639. The maximum absolute atomic E-state index is 11.2. The molecule has 1 aliphatic rings. The fraction of sp³-hybridized carbons (Fsp3) is 0.625. The second-order valence-electron chi connectivity index (χ2n) is 2.59. The van der Waals surface area contributed by atoms with Crippen LogP contribution in [0.3, 0.4) is 0 Å². The lowest BCUT2D eigenvalue weighted by Crippen LogP contribution is -2.20. The van der Waals surface area contributed by atoms with Gasteiger partial charge < -0.3 is 14.6 Å². The highest BCUT2D eigenvalue weighted by molar-refractivity contribution is 5.98. The van der Waals surface area contributed by atoms with Crippen LogP contribution < -0.4 is 0 Å². The summed E-state index contributed by atoms with van der Waals surface area (Å²) in [6.07, 6.45) is 0.0295. The summed E-state index contributed by atoms with van der Waals surface area (Å²) in [5.41, 5.74) is 0.264. The van der Waals surface area contributed by atoms with Crippen LogP contribution in [-0.2, 0) is 14.3 Å². The van der Waals surface area contributed by atoms with Crippen molar-refractivity contribution in [2.75, 3.05) is 14.2 Å². The number of hydrogen-bond acceptors (Lipinski definition) is 4. The van der Waals surface area contributed by atoms with Crippen LogP contribution in [0.4, 0.5) is 0 Å². The number of carbonyl (C=O) groups excluding carboxylic acids is 1. The Bertz CT molecular complexity index is 215. The molecule has 0 aromatic carbocycles. The van der Waals surface area contributed by atoms with Gasteiger partial charge in [0, 0.05) is 27.1 Å². The van der Waals surface area contributed by atoms with E-state index in [1.165, 1.54) is 14.2 Å². The number of hydrogen-bond donors (Lipinski definition) is 1. The third-order valence-corrected chi connectivity index (χ3v) is 1.86. The number of ketones is 1. The van der Waals surface area contributed by atoms with Crippen LogP contribution in [0, 0.1) is 0 Å². The Labute approximate surface area is 70.8 Å². The van der Waals surface area contributed by atoms with E-state index in [2.05, 4.69) is 0 Å². The van der Waals surface area contributed by atoms with Gasteiger partial charge in [-0.05, 0) is 0 Å². The van der Waals surface area contributed by atoms with Crippen molar-refractivity contribution in [3.63, 3.8) is 0 Å². The lowest BCUT2D eigenvalue weighted by Gasteiger charge is -2.13. The summed E-state index contributed by atoms with van der Waals surface area (Å²) >= 11 is 0. The Morgan fingerprint density at radius 1 is 1.33 bits per heavy atom. The minimum Gasteiger partial charge on any atom is -0.512 e. The Morgan fingerprint density at radius 2 is 1.92 bits per heavy atom. The van der Waals surface area contributed by atoms with Crippen LogP contribution in [0.15, 0.2) is 11.3 Å². The van der Waals surface area contributed by atoms with E-state index >= 15 is 0 Å². The van der Waals surface area contributed by atoms with Crippen LogP contribution in [0.2, 0.25) is 0 Å². The fourth-order valence-electron chi connectivity index (χ4n) is 1.26. The SMILES string of the molecule is COC(OC)C1=C(O)CCC1=O. The zero-order chi connectivity index (χ0) is 9.14. The number of rotatable bonds is 3. The van der Waals surface area contributed by atoms with Gasteiger partial charge in [-0.3, -0.25) is 4.79 Å². The average Bonchev–Trinajstić information content (AvgIpc) is 2.38. The molecule has 68 valence electrons. The van der Waals surface area contributed by atoms with Gasteiger partial charge in [-0.1, -0.05) is 0 Å². The zero-order valence-electron chi connectivity index (χ0n) is 7.16. The third kappa shape index (κ3) is 1.49. The lowest BCUT2D eigenvalue weighted by molar-refractivity contribution is -0.122. The van der Waals surface area contributed by atoms with Gasteiger partial charge in [0.25, 0.3) is 0 Å². The van der Waals surface area contributed by atoms with E-state index in [4.69, 9.17) is 9.47 Å². The minimum atomic E-state index is -0.722. The number of ether oxygens (including phenoxy) is 2. The van der Waals surface area contributed by atoms with Gasteiger partial charge in [0.1, 0.15) is 5.76 Å². The molecule has 12 heavy (non-hydrogen) atoms. The van der Waals surface area contributed by atoms with Gasteiger partial charge >= 0.3 is 0 Å². The van der Waals surface area contributed by atoms with Crippen molar-refractivity contribution in [3.8, 4) is 0 Å². The Hall–Kier alpha value is -0.870. The molecule has 0 atom stereocenters. The Morgan fingerprint density at radius 3 is 2.25 bits per heavy atom. The number of Topliss-reactive ketones (excluding diaryl/α,β-unsaturated/α-hetero) is 1. The maximum atomic E-state index is 11.2. The summed E-state index contributed by atoms with van der Waals surface area (Å²) in [5, 5.41) is 9.29. The molecule has 0 bridgehead atoms. The van der Waals surface area contributed by atoms with Gasteiger partial charge in [0.15, 0.2) is 12.1 Å². The zero-order valence-corrected chi connectivity index (χ0v) is 7.16. The van der Waals surface area contributed by atoms with E-state index < -0.39 is 6.29 Å². The lowest BCUT2D eigenvalue weighted by atomic mass is 10.2. The molecule has 0 heterocycles. The fourth-order valence-corrected chi connectivity index (χ4v) is 1.26. The highest BCUT2D eigenvalue weighted by Gasteiger charge is 2.29. The second-order valence-corrected chi connectivity index (χ2v) is 2.59. The first-order valence-electron chi connectivity index (χ1n) is 3.71. The number of carbonyl (C=O) groups is 1. The molecule has 1 N–H and O–H groups in total. The van der Waals surface area contributed by atoms with Crippen LogP contribution >= 0.6 is 0 Å². The van der Waals surface area contributed by atoms with Crippen LogP contribution in [0.5, 0.6) is 0 Å². The first kappa shape index (κ1) is 9.22. The van der Waals surface area contributed by atoms with Crippen molar-refractivity contribution in [2.24, 2.45) is 0 Å². The molecule has 0 aromatic rings. The average molecular weight is 172 g/mol. The van der Waals surface area contributed by atoms with E-state index in [-0.39, 0.29) is 17.1 Å². The van der Waals surface area contributed by atoms with Crippen LogP contribution in [0.1, 0.15) is 12.8 Å². The molecule has 0 radical (unpaired) electrons. The molecule has 0 fully saturated rings. The number of allylic oxidation sites excluding steroid dienone is 1. The topological polar surface area (TPSA) is 55.8 Å². The molecule has 4 nitrogen and oxygen atoms in total. The minimum absolute atomic E-state index is 0.0914. The summed E-state index contributed by atoms with van der Waals surface area (Å²) in [6, 6.07) is 0. The maximum Gasteiger partial charge on any atom is 0.189 e. The highest BCUT2D eigenvalue weighted by atomic mass is 16.7. The monoisotopic (exact) mass is 172 g/mol. The van der Waals surface area contributed by atoms with E-state index in [0.29, 0.717) is 12.8 Å². The first-order chi connectivity index (χ1) is 5.70. The highest BCUT2D eigenvalue weighted by Crippen LogP contribution is 2.24. The summed E-state index contributed by atoms with van der Waals surface area (Å²) in [5.74, 6) is -0.00472. The Kier molecular flexibility index (Phi) is 2.83. The van der Waals surface area contributed by atoms with E-state index in [1.807, 2.05) is 0 Å². The standard InChI is InChI=1S/C8H12O4/c1-11-8(12-2)7-5(9)3-4-6(7)10/h8-9H,3-4H2,1-2H3.